The number of piperazine rings is 1. The first-order valence-electron chi connectivity index (χ1n) is 8.82. The highest BCUT2D eigenvalue weighted by atomic mass is 35.5. The van der Waals surface area contributed by atoms with Gasteiger partial charge in [0.2, 0.25) is 0 Å². The Hall–Kier alpha value is -1.82. The molecule has 6 heteroatoms. The van der Waals surface area contributed by atoms with E-state index in [1.807, 2.05) is 18.2 Å². The maximum atomic E-state index is 13.5. The molecule has 2 aromatic rings. The highest BCUT2D eigenvalue weighted by Crippen LogP contribution is 2.25. The molecule has 0 saturated carbocycles. The van der Waals surface area contributed by atoms with E-state index in [1.165, 1.54) is 17.3 Å². The lowest BCUT2D eigenvalue weighted by molar-refractivity contribution is 0.0649. The summed E-state index contributed by atoms with van der Waals surface area (Å²) in [4.78, 5) is 4.52. The average molecular weight is 379 g/mol. The number of nitrogens with zero attached hydrogens (tertiary/aromatic N) is 2. The quantitative estimate of drug-likeness (QED) is 0.836. The minimum atomic E-state index is -0.658. The second kappa shape index (κ2) is 8.71. The van der Waals surface area contributed by atoms with E-state index in [4.69, 9.17) is 16.3 Å². The molecule has 1 N–H and O–H groups in total. The number of aliphatic hydroxyl groups excluding tert-OH is 1. The topological polar surface area (TPSA) is 35.9 Å². The van der Waals surface area contributed by atoms with Crippen molar-refractivity contribution >= 4 is 17.3 Å². The van der Waals surface area contributed by atoms with Crippen molar-refractivity contribution in [2.24, 2.45) is 0 Å². The molecule has 2 aromatic carbocycles. The molecule has 1 atom stereocenters. The molecule has 140 valence electrons. The normalized spacial score (nSPS) is 16.5. The van der Waals surface area contributed by atoms with Crippen LogP contribution in [0.4, 0.5) is 10.1 Å². The summed E-state index contributed by atoms with van der Waals surface area (Å²) < 4.78 is 18.9. The van der Waals surface area contributed by atoms with E-state index in [9.17, 15) is 9.50 Å². The van der Waals surface area contributed by atoms with Gasteiger partial charge in [-0.1, -0.05) is 29.8 Å². The molecule has 0 aliphatic carbocycles. The van der Waals surface area contributed by atoms with Crippen LogP contribution in [-0.4, -0.2) is 55.4 Å². The maximum Gasteiger partial charge on any atom is 0.165 e. The number of benzene rings is 2. The van der Waals surface area contributed by atoms with Gasteiger partial charge >= 0.3 is 0 Å². The number of rotatable bonds is 6. The standard InChI is InChI=1S/C20H24ClFN2O2/c1-15-6-7-16(21)12-19(15)24-10-8-23(9-11-24)13-17(25)14-26-20-5-3-2-4-18(20)22/h2-7,12,17,25H,8-11,13-14H2,1H3/t17-/m1/s1. The third-order valence-corrected chi connectivity index (χ3v) is 4.86. The molecule has 4 nitrogen and oxygen atoms in total. The zero-order chi connectivity index (χ0) is 18.5. The van der Waals surface area contributed by atoms with E-state index in [1.54, 1.807) is 18.2 Å². The Morgan fingerprint density at radius 3 is 2.62 bits per heavy atom. The third-order valence-electron chi connectivity index (χ3n) is 4.62. The zero-order valence-corrected chi connectivity index (χ0v) is 15.6. The number of β-amino-alcohol motifs (C(OH)–C–C–N with tert-alkyl or cyclic N) is 1. The number of halogens is 2. The van der Waals surface area contributed by atoms with Crippen molar-refractivity contribution in [3.8, 4) is 5.75 Å². The second-order valence-corrected chi connectivity index (χ2v) is 7.05. The van der Waals surface area contributed by atoms with Crippen molar-refractivity contribution in [2.75, 3.05) is 44.2 Å². The fourth-order valence-electron chi connectivity index (χ4n) is 3.19. The lowest BCUT2D eigenvalue weighted by atomic mass is 10.1. The lowest BCUT2D eigenvalue weighted by Gasteiger charge is -2.37. The highest BCUT2D eigenvalue weighted by molar-refractivity contribution is 6.30. The largest absolute Gasteiger partial charge is 0.488 e. The molecule has 0 aromatic heterocycles. The van der Waals surface area contributed by atoms with Gasteiger partial charge in [-0.15, -0.1) is 0 Å². The molecule has 0 spiro atoms. The predicted molar refractivity (Wildman–Crippen MR) is 103 cm³/mol. The highest BCUT2D eigenvalue weighted by Gasteiger charge is 2.21. The van der Waals surface area contributed by atoms with E-state index in [0.717, 1.165) is 31.2 Å². The molecule has 0 bridgehead atoms. The first-order chi connectivity index (χ1) is 12.5. The maximum absolute atomic E-state index is 13.5. The summed E-state index contributed by atoms with van der Waals surface area (Å²) in [6.45, 7) is 6.13. The van der Waals surface area contributed by atoms with Gasteiger partial charge in [0, 0.05) is 43.4 Å². The van der Waals surface area contributed by atoms with Crippen molar-refractivity contribution in [1.29, 1.82) is 0 Å². The van der Waals surface area contributed by atoms with Gasteiger partial charge in [0.25, 0.3) is 0 Å². The van der Waals surface area contributed by atoms with Crippen LogP contribution in [0.3, 0.4) is 0 Å². The van der Waals surface area contributed by atoms with Crippen molar-refractivity contribution in [3.05, 3.63) is 58.9 Å². The van der Waals surface area contributed by atoms with Gasteiger partial charge in [0.1, 0.15) is 12.7 Å². The molecule has 0 amide bonds. The average Bonchev–Trinajstić information content (AvgIpc) is 2.64. The molecule has 1 aliphatic heterocycles. The van der Waals surface area contributed by atoms with Crippen LogP contribution in [0.1, 0.15) is 5.56 Å². The van der Waals surface area contributed by atoms with E-state index >= 15 is 0 Å². The molecule has 1 saturated heterocycles. The lowest BCUT2D eigenvalue weighted by Crippen LogP contribution is -2.49. The Balaban J connectivity index is 1.46. The van der Waals surface area contributed by atoms with Crippen LogP contribution in [0, 0.1) is 12.7 Å². The van der Waals surface area contributed by atoms with Crippen molar-refractivity contribution in [1.82, 2.24) is 4.90 Å². The smallest absolute Gasteiger partial charge is 0.165 e. The molecule has 0 radical (unpaired) electrons. The Morgan fingerprint density at radius 2 is 1.88 bits per heavy atom. The van der Waals surface area contributed by atoms with Crippen LogP contribution < -0.4 is 9.64 Å². The van der Waals surface area contributed by atoms with Gasteiger partial charge in [-0.3, -0.25) is 4.90 Å². The van der Waals surface area contributed by atoms with Crippen LogP contribution in [-0.2, 0) is 0 Å². The van der Waals surface area contributed by atoms with Crippen molar-refractivity contribution in [3.63, 3.8) is 0 Å². The number of para-hydroxylation sites is 1. The first kappa shape index (κ1) is 19.0. The van der Waals surface area contributed by atoms with Gasteiger partial charge in [-0.2, -0.15) is 0 Å². The number of aryl methyl sites for hydroxylation is 1. The Bertz CT molecular complexity index is 736. The molecule has 1 fully saturated rings. The molecule has 0 unspecified atom stereocenters. The number of hydrogen-bond acceptors (Lipinski definition) is 4. The Labute approximate surface area is 158 Å². The zero-order valence-electron chi connectivity index (χ0n) is 14.9. The number of hydrogen-bond donors (Lipinski definition) is 1. The summed E-state index contributed by atoms with van der Waals surface area (Å²) in [5, 5.41) is 10.9. The molecular formula is C20H24ClFN2O2. The molecular weight excluding hydrogens is 355 g/mol. The van der Waals surface area contributed by atoms with Crippen LogP contribution in [0.25, 0.3) is 0 Å². The summed E-state index contributed by atoms with van der Waals surface area (Å²) in [5.74, 6) is -0.238. The van der Waals surface area contributed by atoms with Crippen LogP contribution in [0.5, 0.6) is 5.75 Å². The minimum Gasteiger partial charge on any atom is -0.488 e. The predicted octanol–water partition coefficient (Wildman–Crippen LogP) is 3.35. The van der Waals surface area contributed by atoms with E-state index < -0.39 is 11.9 Å². The van der Waals surface area contributed by atoms with Gasteiger partial charge in [0.15, 0.2) is 11.6 Å². The minimum absolute atomic E-state index is 0.0779. The SMILES string of the molecule is Cc1ccc(Cl)cc1N1CCN(C[C@@H](O)COc2ccccc2F)CC1. The molecule has 26 heavy (non-hydrogen) atoms. The van der Waals surface area contributed by atoms with Gasteiger partial charge in [-0.05, 0) is 36.8 Å². The molecule has 1 aliphatic rings. The van der Waals surface area contributed by atoms with E-state index in [-0.39, 0.29) is 12.4 Å². The van der Waals surface area contributed by atoms with Crippen molar-refractivity contribution in [2.45, 2.75) is 13.0 Å². The van der Waals surface area contributed by atoms with Gasteiger partial charge in [-0.25, -0.2) is 4.39 Å². The van der Waals surface area contributed by atoms with Gasteiger partial charge < -0.3 is 14.7 Å². The fraction of sp³-hybridized carbons (Fsp3) is 0.400. The van der Waals surface area contributed by atoms with Crippen LogP contribution in [0.2, 0.25) is 5.02 Å². The fourth-order valence-corrected chi connectivity index (χ4v) is 3.36. The van der Waals surface area contributed by atoms with E-state index in [0.29, 0.717) is 6.54 Å². The summed E-state index contributed by atoms with van der Waals surface area (Å²) in [5.41, 5.74) is 2.38. The van der Waals surface area contributed by atoms with Gasteiger partial charge in [0.05, 0.1) is 0 Å². The van der Waals surface area contributed by atoms with E-state index in [2.05, 4.69) is 16.7 Å². The molecule has 1 heterocycles. The van der Waals surface area contributed by atoms with Crippen LogP contribution >= 0.6 is 11.6 Å². The van der Waals surface area contributed by atoms with Crippen molar-refractivity contribution < 1.29 is 14.2 Å². The van der Waals surface area contributed by atoms with Crippen LogP contribution in [0.15, 0.2) is 42.5 Å². The summed E-state index contributed by atoms with van der Waals surface area (Å²) >= 11 is 6.12. The first-order valence-corrected chi connectivity index (χ1v) is 9.19. The Kier molecular flexibility index (Phi) is 6.35. The Morgan fingerprint density at radius 1 is 1.15 bits per heavy atom. The second-order valence-electron chi connectivity index (χ2n) is 6.61. The number of ether oxygens (including phenoxy) is 1. The summed E-state index contributed by atoms with van der Waals surface area (Å²) in [7, 11) is 0. The molecule has 3 rings (SSSR count). The summed E-state index contributed by atoms with van der Waals surface area (Å²) in [6, 6.07) is 12.2. The number of aliphatic hydroxyl groups is 1. The third kappa shape index (κ3) is 4.87. The monoisotopic (exact) mass is 378 g/mol. The summed E-state index contributed by atoms with van der Waals surface area (Å²) in [6.07, 6.45) is -0.658. The number of anilines is 1.